The van der Waals surface area contributed by atoms with Crippen LogP contribution >= 0.6 is 11.3 Å². The standard InChI is InChI=1S/C18H26N2S/c1-5-11-19-17(18-20-14(3)15(4)21-18)12-13(2)16-9-7-6-8-10-16/h6-10,13,17,19H,5,11-12H2,1-4H3. The van der Waals surface area contributed by atoms with E-state index in [9.17, 15) is 0 Å². The summed E-state index contributed by atoms with van der Waals surface area (Å²) in [5.74, 6) is 0.532. The largest absolute Gasteiger partial charge is 0.308 e. The van der Waals surface area contributed by atoms with E-state index in [1.807, 2.05) is 11.3 Å². The van der Waals surface area contributed by atoms with Gasteiger partial charge in [-0.1, -0.05) is 44.2 Å². The number of aromatic nitrogens is 1. The summed E-state index contributed by atoms with van der Waals surface area (Å²) in [5.41, 5.74) is 2.58. The van der Waals surface area contributed by atoms with Gasteiger partial charge in [0.2, 0.25) is 0 Å². The van der Waals surface area contributed by atoms with Gasteiger partial charge in [-0.05, 0) is 44.7 Å². The maximum absolute atomic E-state index is 4.77. The summed E-state index contributed by atoms with van der Waals surface area (Å²) in [4.78, 5) is 6.10. The van der Waals surface area contributed by atoms with Gasteiger partial charge in [-0.2, -0.15) is 0 Å². The van der Waals surface area contributed by atoms with Gasteiger partial charge in [-0.3, -0.25) is 0 Å². The average molecular weight is 302 g/mol. The molecule has 2 unspecified atom stereocenters. The Labute approximate surface area is 132 Å². The van der Waals surface area contributed by atoms with Crippen LogP contribution in [0.25, 0.3) is 0 Å². The molecule has 0 bridgehead atoms. The molecule has 0 saturated carbocycles. The second kappa shape index (κ2) is 7.71. The minimum absolute atomic E-state index is 0.359. The molecule has 0 spiro atoms. The molecule has 1 aromatic heterocycles. The molecule has 0 fully saturated rings. The first kappa shape index (κ1) is 16.2. The maximum Gasteiger partial charge on any atom is 0.110 e. The topological polar surface area (TPSA) is 24.9 Å². The zero-order valence-corrected chi connectivity index (χ0v) is 14.3. The van der Waals surface area contributed by atoms with Gasteiger partial charge in [0.25, 0.3) is 0 Å². The van der Waals surface area contributed by atoms with E-state index in [2.05, 4.69) is 63.3 Å². The number of benzene rings is 1. The predicted octanol–water partition coefficient (Wildman–Crippen LogP) is 4.99. The Morgan fingerprint density at radius 2 is 1.90 bits per heavy atom. The first-order chi connectivity index (χ1) is 10.1. The quantitative estimate of drug-likeness (QED) is 0.779. The van der Waals surface area contributed by atoms with Crippen LogP contribution in [-0.2, 0) is 0 Å². The smallest absolute Gasteiger partial charge is 0.110 e. The average Bonchev–Trinajstić information content (AvgIpc) is 2.83. The molecule has 1 heterocycles. The highest BCUT2D eigenvalue weighted by atomic mass is 32.1. The Balaban J connectivity index is 2.12. The molecular weight excluding hydrogens is 276 g/mol. The molecule has 2 aromatic rings. The third kappa shape index (κ3) is 4.39. The number of hydrogen-bond acceptors (Lipinski definition) is 3. The molecule has 2 atom stereocenters. The van der Waals surface area contributed by atoms with E-state index in [-0.39, 0.29) is 0 Å². The zero-order chi connectivity index (χ0) is 15.2. The van der Waals surface area contributed by atoms with Crippen molar-refractivity contribution in [3.63, 3.8) is 0 Å². The molecule has 0 aliphatic rings. The van der Waals surface area contributed by atoms with Gasteiger partial charge in [0, 0.05) is 4.88 Å². The van der Waals surface area contributed by atoms with Crippen LogP contribution in [0.1, 0.15) is 59.8 Å². The van der Waals surface area contributed by atoms with E-state index in [4.69, 9.17) is 4.98 Å². The van der Waals surface area contributed by atoms with Gasteiger partial charge in [-0.15, -0.1) is 11.3 Å². The minimum atomic E-state index is 0.359. The molecule has 2 nitrogen and oxygen atoms in total. The van der Waals surface area contributed by atoms with Crippen LogP contribution in [0.2, 0.25) is 0 Å². The van der Waals surface area contributed by atoms with E-state index < -0.39 is 0 Å². The molecule has 114 valence electrons. The highest BCUT2D eigenvalue weighted by molar-refractivity contribution is 7.11. The van der Waals surface area contributed by atoms with Gasteiger partial charge >= 0.3 is 0 Å². The monoisotopic (exact) mass is 302 g/mol. The van der Waals surface area contributed by atoms with Gasteiger partial charge in [0.1, 0.15) is 5.01 Å². The SMILES string of the molecule is CCCNC(CC(C)c1ccccc1)c1nc(C)c(C)s1. The summed E-state index contributed by atoms with van der Waals surface area (Å²) < 4.78 is 0. The van der Waals surface area contributed by atoms with Crippen LogP contribution in [0.15, 0.2) is 30.3 Å². The van der Waals surface area contributed by atoms with E-state index in [1.54, 1.807) is 0 Å². The van der Waals surface area contributed by atoms with Crippen LogP contribution in [0.3, 0.4) is 0 Å². The molecule has 0 saturated heterocycles. The van der Waals surface area contributed by atoms with E-state index in [1.165, 1.54) is 21.1 Å². The fourth-order valence-corrected chi connectivity index (χ4v) is 3.52. The Morgan fingerprint density at radius 3 is 2.48 bits per heavy atom. The van der Waals surface area contributed by atoms with Gasteiger partial charge < -0.3 is 5.32 Å². The Morgan fingerprint density at radius 1 is 1.19 bits per heavy atom. The van der Waals surface area contributed by atoms with Crippen LogP contribution in [0.4, 0.5) is 0 Å². The number of thiazole rings is 1. The third-order valence-electron chi connectivity index (χ3n) is 3.94. The Kier molecular flexibility index (Phi) is 5.95. The summed E-state index contributed by atoms with van der Waals surface area (Å²) in [6.45, 7) is 9.83. The van der Waals surface area contributed by atoms with Crippen LogP contribution in [-0.4, -0.2) is 11.5 Å². The second-order valence-corrected chi connectivity index (χ2v) is 6.98. The van der Waals surface area contributed by atoms with Crippen molar-refractivity contribution < 1.29 is 0 Å². The van der Waals surface area contributed by atoms with E-state index >= 15 is 0 Å². The van der Waals surface area contributed by atoms with Crippen molar-refractivity contribution in [2.45, 2.75) is 52.5 Å². The van der Waals surface area contributed by atoms with Crippen molar-refractivity contribution in [1.29, 1.82) is 0 Å². The van der Waals surface area contributed by atoms with Crippen molar-refractivity contribution >= 4 is 11.3 Å². The lowest BCUT2D eigenvalue weighted by Gasteiger charge is -2.21. The molecule has 1 N–H and O–H groups in total. The number of aryl methyl sites for hydroxylation is 2. The summed E-state index contributed by atoms with van der Waals surface area (Å²) >= 11 is 1.84. The lowest BCUT2D eigenvalue weighted by molar-refractivity contribution is 0.463. The highest BCUT2D eigenvalue weighted by Crippen LogP contribution is 2.31. The predicted molar refractivity (Wildman–Crippen MR) is 92.1 cm³/mol. The Bertz CT molecular complexity index is 528. The Hall–Kier alpha value is -1.19. The number of nitrogens with zero attached hydrogens (tertiary/aromatic N) is 1. The molecule has 0 amide bonds. The molecule has 3 heteroatoms. The minimum Gasteiger partial charge on any atom is -0.308 e. The van der Waals surface area contributed by atoms with Crippen LogP contribution in [0, 0.1) is 13.8 Å². The summed E-state index contributed by atoms with van der Waals surface area (Å²) in [6.07, 6.45) is 2.25. The lowest BCUT2D eigenvalue weighted by Crippen LogP contribution is -2.23. The first-order valence-corrected chi connectivity index (χ1v) is 8.65. The second-order valence-electron chi connectivity index (χ2n) is 5.75. The fourth-order valence-electron chi connectivity index (χ4n) is 2.51. The normalized spacial score (nSPS) is 14.1. The summed E-state index contributed by atoms with van der Waals surface area (Å²) in [6, 6.07) is 11.1. The van der Waals surface area contributed by atoms with Crippen LogP contribution in [0.5, 0.6) is 0 Å². The zero-order valence-electron chi connectivity index (χ0n) is 13.5. The van der Waals surface area contributed by atoms with Crippen LogP contribution < -0.4 is 5.32 Å². The lowest BCUT2D eigenvalue weighted by atomic mass is 9.94. The molecule has 21 heavy (non-hydrogen) atoms. The summed E-state index contributed by atoms with van der Waals surface area (Å²) in [7, 11) is 0. The van der Waals surface area contributed by atoms with Crippen molar-refractivity contribution in [3.05, 3.63) is 51.5 Å². The van der Waals surface area contributed by atoms with Gasteiger partial charge in [-0.25, -0.2) is 4.98 Å². The van der Waals surface area contributed by atoms with E-state index in [0.717, 1.165) is 19.4 Å². The molecule has 0 radical (unpaired) electrons. The maximum atomic E-state index is 4.77. The number of nitrogens with one attached hydrogen (secondary N) is 1. The highest BCUT2D eigenvalue weighted by Gasteiger charge is 2.19. The van der Waals surface area contributed by atoms with Crippen molar-refractivity contribution in [1.82, 2.24) is 10.3 Å². The van der Waals surface area contributed by atoms with Gasteiger partial charge in [0.05, 0.1) is 11.7 Å². The first-order valence-electron chi connectivity index (χ1n) is 7.84. The molecular formula is C18H26N2S. The number of hydrogen-bond donors (Lipinski definition) is 1. The van der Waals surface area contributed by atoms with Crippen molar-refractivity contribution in [2.24, 2.45) is 0 Å². The number of rotatable bonds is 7. The van der Waals surface area contributed by atoms with Crippen molar-refractivity contribution in [3.8, 4) is 0 Å². The molecule has 0 aliphatic carbocycles. The van der Waals surface area contributed by atoms with Gasteiger partial charge in [0.15, 0.2) is 0 Å². The molecule has 2 rings (SSSR count). The van der Waals surface area contributed by atoms with Crippen molar-refractivity contribution in [2.75, 3.05) is 6.54 Å². The fraction of sp³-hybridized carbons (Fsp3) is 0.500. The molecule has 1 aromatic carbocycles. The van der Waals surface area contributed by atoms with E-state index in [0.29, 0.717) is 12.0 Å². The third-order valence-corrected chi connectivity index (χ3v) is 5.13. The summed E-state index contributed by atoms with van der Waals surface area (Å²) in [5, 5.41) is 4.91. The molecule has 0 aliphatic heterocycles.